The Balaban J connectivity index is 2.29. The molecular weight excluding hydrogens is 440 g/mol. The molecule has 0 aromatic heterocycles. The van der Waals surface area contributed by atoms with Gasteiger partial charge in [-0.15, -0.1) is 0 Å². The number of carbonyl (C=O) groups is 2. The molecule has 0 fully saturated rings. The molecular formula is C21H19BrN2O5. The molecule has 0 bridgehead atoms. The number of hydrogen-bond donors (Lipinski definition) is 1. The highest BCUT2D eigenvalue weighted by molar-refractivity contribution is 9.10. The standard InChI is InChI=1S/C21H19BrN2O5/c1-13-6-4-5-7-17(13)24-21(26)15(11-23)8-14-9-16(22)20(18(10-14)27-2)29-12-19(25)28-3/h4-10H,12H2,1-3H3,(H,24,26)/b15-8-. The second-order valence-corrected chi connectivity index (χ2v) is 6.69. The maximum atomic E-state index is 12.5. The number of para-hydroxylation sites is 1. The highest BCUT2D eigenvalue weighted by atomic mass is 79.9. The second kappa shape index (κ2) is 10.3. The molecule has 2 rings (SSSR count). The van der Waals surface area contributed by atoms with Crippen molar-refractivity contribution in [2.24, 2.45) is 0 Å². The lowest BCUT2D eigenvalue weighted by atomic mass is 10.1. The third kappa shape index (κ3) is 5.83. The molecule has 2 aromatic rings. The third-order valence-corrected chi connectivity index (χ3v) is 4.47. The zero-order chi connectivity index (χ0) is 21.4. The van der Waals surface area contributed by atoms with Crippen molar-refractivity contribution in [3.63, 3.8) is 0 Å². The topological polar surface area (TPSA) is 97.7 Å². The first-order valence-corrected chi connectivity index (χ1v) is 9.24. The number of amides is 1. The normalized spacial score (nSPS) is 10.7. The molecule has 29 heavy (non-hydrogen) atoms. The van der Waals surface area contributed by atoms with Crippen LogP contribution in [0.5, 0.6) is 11.5 Å². The number of esters is 1. The summed E-state index contributed by atoms with van der Waals surface area (Å²) in [5.74, 6) is -0.436. The van der Waals surface area contributed by atoms with Gasteiger partial charge in [-0.2, -0.15) is 5.26 Å². The van der Waals surface area contributed by atoms with E-state index in [9.17, 15) is 14.9 Å². The summed E-state index contributed by atoms with van der Waals surface area (Å²) < 4.78 is 15.8. The molecule has 8 heteroatoms. The van der Waals surface area contributed by atoms with Crippen LogP contribution < -0.4 is 14.8 Å². The Labute approximate surface area is 177 Å². The maximum absolute atomic E-state index is 12.5. The van der Waals surface area contributed by atoms with Crippen molar-refractivity contribution in [3.05, 3.63) is 57.6 Å². The number of hydrogen-bond acceptors (Lipinski definition) is 6. The highest BCUT2D eigenvalue weighted by Crippen LogP contribution is 2.37. The van der Waals surface area contributed by atoms with Gasteiger partial charge in [-0.1, -0.05) is 18.2 Å². The van der Waals surface area contributed by atoms with Gasteiger partial charge in [0.05, 0.1) is 18.7 Å². The number of halogens is 1. The van der Waals surface area contributed by atoms with Crippen LogP contribution in [0.3, 0.4) is 0 Å². The molecule has 0 aliphatic heterocycles. The van der Waals surface area contributed by atoms with Gasteiger partial charge in [0.1, 0.15) is 11.6 Å². The minimum Gasteiger partial charge on any atom is -0.493 e. The zero-order valence-electron chi connectivity index (χ0n) is 16.1. The number of nitrogens with zero attached hydrogens (tertiary/aromatic N) is 1. The van der Waals surface area contributed by atoms with Crippen LogP contribution in [0.4, 0.5) is 5.69 Å². The van der Waals surface area contributed by atoms with Gasteiger partial charge < -0.3 is 19.5 Å². The molecule has 0 saturated carbocycles. The monoisotopic (exact) mass is 458 g/mol. The van der Waals surface area contributed by atoms with Crippen molar-refractivity contribution in [3.8, 4) is 17.6 Å². The molecule has 0 atom stereocenters. The van der Waals surface area contributed by atoms with Gasteiger partial charge in [0.15, 0.2) is 18.1 Å². The number of rotatable bonds is 7. The van der Waals surface area contributed by atoms with E-state index in [4.69, 9.17) is 9.47 Å². The van der Waals surface area contributed by atoms with E-state index in [1.54, 1.807) is 24.3 Å². The fourth-order valence-electron chi connectivity index (χ4n) is 2.37. The van der Waals surface area contributed by atoms with Crippen LogP contribution in [0.1, 0.15) is 11.1 Å². The van der Waals surface area contributed by atoms with Crippen molar-refractivity contribution in [2.45, 2.75) is 6.92 Å². The molecule has 0 aliphatic rings. The minimum atomic E-state index is -0.539. The van der Waals surface area contributed by atoms with E-state index in [1.807, 2.05) is 25.1 Å². The number of nitriles is 1. The summed E-state index contributed by atoms with van der Waals surface area (Å²) >= 11 is 3.35. The lowest BCUT2D eigenvalue weighted by Crippen LogP contribution is -2.14. The average molecular weight is 459 g/mol. The largest absolute Gasteiger partial charge is 0.493 e. The predicted octanol–water partition coefficient (Wildman–Crippen LogP) is 3.86. The Morgan fingerprint density at radius 2 is 1.97 bits per heavy atom. The first-order chi connectivity index (χ1) is 13.9. The fourth-order valence-corrected chi connectivity index (χ4v) is 2.95. The Morgan fingerprint density at radius 3 is 2.59 bits per heavy atom. The molecule has 1 N–H and O–H groups in total. The van der Waals surface area contributed by atoms with Crippen molar-refractivity contribution >= 4 is 39.6 Å². The Morgan fingerprint density at radius 1 is 1.24 bits per heavy atom. The Kier molecular flexibility index (Phi) is 7.80. The number of nitrogens with one attached hydrogen (secondary N) is 1. The lowest BCUT2D eigenvalue weighted by molar-refractivity contribution is -0.142. The van der Waals surface area contributed by atoms with E-state index < -0.39 is 11.9 Å². The molecule has 0 aliphatic carbocycles. The van der Waals surface area contributed by atoms with Crippen LogP contribution in [0, 0.1) is 18.3 Å². The lowest BCUT2D eigenvalue weighted by Gasteiger charge is -2.13. The summed E-state index contributed by atoms with van der Waals surface area (Å²) in [5.41, 5.74) is 1.97. The van der Waals surface area contributed by atoms with Crippen LogP contribution in [-0.2, 0) is 14.3 Å². The van der Waals surface area contributed by atoms with Crippen molar-refractivity contribution in [1.29, 1.82) is 5.26 Å². The quantitative estimate of drug-likeness (QED) is 0.384. The molecule has 0 heterocycles. The van der Waals surface area contributed by atoms with Crippen molar-refractivity contribution in [1.82, 2.24) is 0 Å². The minimum absolute atomic E-state index is 0.0783. The fraction of sp³-hybridized carbons (Fsp3) is 0.190. The van der Waals surface area contributed by atoms with Gasteiger partial charge in [0.25, 0.3) is 5.91 Å². The molecule has 1 amide bonds. The van der Waals surface area contributed by atoms with E-state index >= 15 is 0 Å². The number of anilines is 1. The van der Waals surface area contributed by atoms with E-state index in [0.29, 0.717) is 27.2 Å². The van der Waals surface area contributed by atoms with Crippen LogP contribution in [0.2, 0.25) is 0 Å². The first-order valence-electron chi connectivity index (χ1n) is 8.45. The summed E-state index contributed by atoms with van der Waals surface area (Å²) in [6.07, 6.45) is 1.44. The summed E-state index contributed by atoms with van der Waals surface area (Å²) in [5, 5.41) is 12.2. The van der Waals surface area contributed by atoms with E-state index in [1.165, 1.54) is 20.3 Å². The van der Waals surface area contributed by atoms with E-state index in [-0.39, 0.29) is 12.2 Å². The van der Waals surface area contributed by atoms with Crippen LogP contribution in [0.25, 0.3) is 6.08 Å². The number of carbonyl (C=O) groups excluding carboxylic acids is 2. The Hall–Kier alpha value is -3.31. The third-order valence-electron chi connectivity index (χ3n) is 3.88. The van der Waals surface area contributed by atoms with Gasteiger partial charge >= 0.3 is 5.97 Å². The van der Waals surface area contributed by atoms with E-state index in [2.05, 4.69) is 26.0 Å². The predicted molar refractivity (Wildman–Crippen MR) is 112 cm³/mol. The SMILES string of the molecule is COC(=O)COc1c(Br)cc(/C=C(/C#N)C(=O)Nc2ccccc2C)cc1OC. The molecule has 0 spiro atoms. The number of aryl methyl sites for hydroxylation is 1. The smallest absolute Gasteiger partial charge is 0.343 e. The van der Waals surface area contributed by atoms with Crippen molar-refractivity contribution < 1.29 is 23.8 Å². The average Bonchev–Trinajstić information content (AvgIpc) is 2.72. The van der Waals surface area contributed by atoms with E-state index in [0.717, 1.165) is 5.56 Å². The number of ether oxygens (including phenoxy) is 3. The zero-order valence-corrected chi connectivity index (χ0v) is 17.7. The highest BCUT2D eigenvalue weighted by Gasteiger charge is 2.15. The molecule has 7 nitrogen and oxygen atoms in total. The molecule has 0 radical (unpaired) electrons. The summed E-state index contributed by atoms with van der Waals surface area (Å²) in [6.45, 7) is 1.57. The summed E-state index contributed by atoms with van der Waals surface area (Å²) in [4.78, 5) is 23.8. The van der Waals surface area contributed by atoms with Crippen LogP contribution in [0.15, 0.2) is 46.4 Å². The second-order valence-electron chi connectivity index (χ2n) is 5.84. The van der Waals surface area contributed by atoms with Crippen LogP contribution in [-0.4, -0.2) is 32.7 Å². The van der Waals surface area contributed by atoms with Gasteiger partial charge in [-0.05, 0) is 58.3 Å². The van der Waals surface area contributed by atoms with Gasteiger partial charge in [-0.3, -0.25) is 4.79 Å². The van der Waals surface area contributed by atoms with Gasteiger partial charge in [0.2, 0.25) is 0 Å². The molecule has 150 valence electrons. The summed E-state index contributed by atoms with van der Waals surface area (Å²) in [6, 6.07) is 12.4. The molecule has 0 unspecified atom stereocenters. The number of methoxy groups -OCH3 is 2. The maximum Gasteiger partial charge on any atom is 0.343 e. The molecule has 0 saturated heterocycles. The van der Waals surface area contributed by atoms with Crippen molar-refractivity contribution in [2.75, 3.05) is 26.1 Å². The van der Waals surface area contributed by atoms with Gasteiger partial charge in [0, 0.05) is 5.69 Å². The molecule has 2 aromatic carbocycles. The number of benzene rings is 2. The Bertz CT molecular complexity index is 995. The first kappa shape index (κ1) is 22.0. The van der Waals surface area contributed by atoms with Crippen LogP contribution >= 0.6 is 15.9 Å². The summed E-state index contributed by atoms with van der Waals surface area (Å²) in [7, 11) is 2.70. The van der Waals surface area contributed by atoms with Gasteiger partial charge in [-0.25, -0.2) is 4.79 Å².